The maximum Gasteiger partial charge on any atom is 0.223 e. The molecule has 0 aliphatic heterocycles. The van der Waals surface area contributed by atoms with E-state index < -0.39 is 0 Å². The number of aryl methyl sites for hydroxylation is 1. The molecule has 8 heteroatoms. The molecule has 24 heavy (non-hydrogen) atoms. The van der Waals surface area contributed by atoms with E-state index in [1.54, 1.807) is 14.0 Å². The molecule has 1 aromatic rings. The van der Waals surface area contributed by atoms with Crippen molar-refractivity contribution in [3.63, 3.8) is 0 Å². The first-order valence-electron chi connectivity index (χ1n) is 8.58. The Bertz CT molecular complexity index is 489. The third-order valence-corrected chi connectivity index (χ3v) is 4.23. The molecular formula is C16H30IN5O2. The fourth-order valence-electron chi connectivity index (χ4n) is 3.13. The van der Waals surface area contributed by atoms with Crippen LogP contribution < -0.4 is 10.6 Å². The van der Waals surface area contributed by atoms with E-state index in [4.69, 9.17) is 9.26 Å². The van der Waals surface area contributed by atoms with Gasteiger partial charge in [0.05, 0.1) is 12.6 Å². The van der Waals surface area contributed by atoms with Crippen molar-refractivity contribution in [2.75, 3.05) is 20.2 Å². The molecule has 1 fully saturated rings. The molecule has 0 aromatic carbocycles. The molecule has 1 aliphatic rings. The second-order valence-electron chi connectivity index (χ2n) is 5.91. The summed E-state index contributed by atoms with van der Waals surface area (Å²) in [4.78, 5) is 8.38. The molecule has 0 bridgehead atoms. The molecule has 0 amide bonds. The van der Waals surface area contributed by atoms with Gasteiger partial charge in [0.15, 0.2) is 11.8 Å². The molecule has 1 aromatic heterocycles. The lowest BCUT2D eigenvalue weighted by Crippen LogP contribution is -2.39. The maximum absolute atomic E-state index is 5.94. The van der Waals surface area contributed by atoms with E-state index in [0.29, 0.717) is 30.3 Å². The van der Waals surface area contributed by atoms with Crippen molar-refractivity contribution in [2.24, 2.45) is 10.9 Å². The molecule has 7 nitrogen and oxygen atoms in total. The highest BCUT2D eigenvalue weighted by molar-refractivity contribution is 14.0. The predicted molar refractivity (Wildman–Crippen MR) is 105 cm³/mol. The van der Waals surface area contributed by atoms with E-state index in [0.717, 1.165) is 25.5 Å². The van der Waals surface area contributed by atoms with Crippen LogP contribution in [-0.2, 0) is 11.3 Å². The summed E-state index contributed by atoms with van der Waals surface area (Å²) in [5, 5.41) is 10.4. The zero-order chi connectivity index (χ0) is 16.5. The minimum absolute atomic E-state index is 0. The molecule has 0 radical (unpaired) electrons. The summed E-state index contributed by atoms with van der Waals surface area (Å²) in [6, 6.07) is 0. The molecule has 0 spiro atoms. The lowest BCUT2D eigenvalue weighted by atomic mass is 9.98. The molecular weight excluding hydrogens is 421 g/mol. The fourth-order valence-corrected chi connectivity index (χ4v) is 3.13. The van der Waals surface area contributed by atoms with Crippen molar-refractivity contribution in [2.45, 2.75) is 58.6 Å². The number of halogens is 1. The average molecular weight is 451 g/mol. The number of rotatable bonds is 8. The van der Waals surface area contributed by atoms with Crippen LogP contribution in [-0.4, -0.2) is 42.4 Å². The Kier molecular flexibility index (Phi) is 10.2. The number of aliphatic imine (C=N–C) groups is 1. The molecule has 1 atom stereocenters. The highest BCUT2D eigenvalue weighted by Gasteiger charge is 2.25. The standard InChI is InChI=1S/C16H29N5O2.HI/c1-4-22-14(13-7-5-6-8-13)9-10-18-16(17-3)19-11-15-20-12(2)23-21-15;/h13-14H,4-11H2,1-3H3,(H2,17,18,19);1H. The Morgan fingerprint density at radius 2 is 2.12 bits per heavy atom. The zero-order valence-electron chi connectivity index (χ0n) is 14.9. The van der Waals surface area contributed by atoms with Crippen LogP contribution in [0, 0.1) is 12.8 Å². The van der Waals surface area contributed by atoms with Crippen LogP contribution in [0.2, 0.25) is 0 Å². The van der Waals surface area contributed by atoms with Crippen molar-refractivity contribution in [3.05, 3.63) is 11.7 Å². The number of hydrogen-bond donors (Lipinski definition) is 2. The highest BCUT2D eigenvalue weighted by atomic mass is 127. The van der Waals surface area contributed by atoms with Gasteiger partial charge in [0.25, 0.3) is 0 Å². The number of aromatic nitrogens is 2. The van der Waals surface area contributed by atoms with Crippen LogP contribution >= 0.6 is 24.0 Å². The van der Waals surface area contributed by atoms with Gasteiger partial charge < -0.3 is 19.9 Å². The molecule has 2 N–H and O–H groups in total. The second kappa shape index (κ2) is 11.6. The summed E-state index contributed by atoms with van der Waals surface area (Å²) >= 11 is 0. The zero-order valence-corrected chi connectivity index (χ0v) is 17.2. The van der Waals surface area contributed by atoms with Gasteiger partial charge in [0, 0.05) is 27.1 Å². The average Bonchev–Trinajstić information content (AvgIpc) is 3.21. The number of hydrogen-bond acceptors (Lipinski definition) is 5. The summed E-state index contributed by atoms with van der Waals surface area (Å²) < 4.78 is 10.9. The van der Waals surface area contributed by atoms with Crippen LogP contribution in [0.3, 0.4) is 0 Å². The Morgan fingerprint density at radius 3 is 2.71 bits per heavy atom. The Morgan fingerprint density at radius 1 is 1.38 bits per heavy atom. The summed E-state index contributed by atoms with van der Waals surface area (Å²) in [5.74, 6) is 2.66. The predicted octanol–water partition coefficient (Wildman–Crippen LogP) is 2.65. The largest absolute Gasteiger partial charge is 0.378 e. The molecule has 1 aliphatic carbocycles. The minimum atomic E-state index is 0. The first-order valence-corrected chi connectivity index (χ1v) is 8.58. The van der Waals surface area contributed by atoms with Crippen LogP contribution in [0.5, 0.6) is 0 Å². The number of nitrogens with zero attached hydrogens (tertiary/aromatic N) is 3. The SMILES string of the molecule is CCOC(CCNC(=NC)NCc1noc(C)n1)C1CCCC1.I. The lowest BCUT2D eigenvalue weighted by molar-refractivity contribution is 0.0169. The molecule has 2 rings (SSSR count). The quantitative estimate of drug-likeness (QED) is 0.359. The van der Waals surface area contributed by atoms with Gasteiger partial charge in [-0.1, -0.05) is 18.0 Å². The first kappa shape index (κ1) is 21.1. The van der Waals surface area contributed by atoms with Gasteiger partial charge in [-0.2, -0.15) is 4.98 Å². The topological polar surface area (TPSA) is 84.6 Å². The van der Waals surface area contributed by atoms with E-state index in [2.05, 4.69) is 32.7 Å². The summed E-state index contributed by atoms with van der Waals surface area (Å²) in [6.07, 6.45) is 6.64. The maximum atomic E-state index is 5.94. The number of nitrogens with one attached hydrogen (secondary N) is 2. The second-order valence-corrected chi connectivity index (χ2v) is 5.91. The van der Waals surface area contributed by atoms with Crippen molar-refractivity contribution in [3.8, 4) is 0 Å². The lowest BCUT2D eigenvalue weighted by Gasteiger charge is -2.23. The normalized spacial score (nSPS) is 16.7. The summed E-state index contributed by atoms with van der Waals surface area (Å²) in [5.41, 5.74) is 0. The van der Waals surface area contributed by atoms with Gasteiger partial charge in [-0.15, -0.1) is 24.0 Å². The Hall–Kier alpha value is -0.900. The fraction of sp³-hybridized carbons (Fsp3) is 0.812. The van der Waals surface area contributed by atoms with Gasteiger partial charge in [0.1, 0.15) is 0 Å². The van der Waals surface area contributed by atoms with E-state index >= 15 is 0 Å². The molecule has 1 saturated carbocycles. The summed E-state index contributed by atoms with van der Waals surface area (Å²) in [6.45, 7) is 5.97. The monoisotopic (exact) mass is 451 g/mol. The van der Waals surface area contributed by atoms with E-state index in [1.165, 1.54) is 25.7 Å². The van der Waals surface area contributed by atoms with Gasteiger partial charge in [-0.25, -0.2) is 0 Å². The molecule has 1 unspecified atom stereocenters. The van der Waals surface area contributed by atoms with Crippen LogP contribution in [0.4, 0.5) is 0 Å². The smallest absolute Gasteiger partial charge is 0.223 e. The van der Waals surface area contributed by atoms with Crippen LogP contribution in [0.1, 0.15) is 50.7 Å². The van der Waals surface area contributed by atoms with E-state index in [1.807, 2.05) is 0 Å². The molecule has 138 valence electrons. The Balaban J connectivity index is 0.00000288. The molecule has 1 heterocycles. The van der Waals surface area contributed by atoms with Crippen LogP contribution in [0.15, 0.2) is 9.52 Å². The van der Waals surface area contributed by atoms with Gasteiger partial charge >= 0.3 is 0 Å². The minimum Gasteiger partial charge on any atom is -0.378 e. The third kappa shape index (κ3) is 6.92. The van der Waals surface area contributed by atoms with Crippen molar-refractivity contribution in [1.82, 2.24) is 20.8 Å². The van der Waals surface area contributed by atoms with Gasteiger partial charge in [0.2, 0.25) is 5.89 Å². The highest BCUT2D eigenvalue weighted by Crippen LogP contribution is 2.30. The Labute approximate surface area is 161 Å². The third-order valence-electron chi connectivity index (χ3n) is 4.23. The number of guanidine groups is 1. The first-order chi connectivity index (χ1) is 11.2. The van der Waals surface area contributed by atoms with Gasteiger partial charge in [-0.05, 0) is 32.1 Å². The van der Waals surface area contributed by atoms with Crippen LogP contribution in [0.25, 0.3) is 0 Å². The molecule has 0 saturated heterocycles. The van der Waals surface area contributed by atoms with E-state index in [9.17, 15) is 0 Å². The van der Waals surface area contributed by atoms with Crippen molar-refractivity contribution >= 4 is 29.9 Å². The summed E-state index contributed by atoms with van der Waals surface area (Å²) in [7, 11) is 1.76. The van der Waals surface area contributed by atoms with E-state index in [-0.39, 0.29) is 24.0 Å². The van der Waals surface area contributed by atoms with Gasteiger partial charge in [-0.3, -0.25) is 4.99 Å². The van der Waals surface area contributed by atoms with Crippen molar-refractivity contribution < 1.29 is 9.26 Å². The number of ether oxygens (including phenoxy) is 1. The van der Waals surface area contributed by atoms with Crippen molar-refractivity contribution in [1.29, 1.82) is 0 Å².